The van der Waals surface area contributed by atoms with Gasteiger partial charge in [-0.15, -0.1) is 11.3 Å². The molecule has 1 aromatic heterocycles. The molecule has 1 heterocycles. The zero-order chi connectivity index (χ0) is 14.9. The molecule has 0 unspecified atom stereocenters. The number of benzene rings is 1. The van der Waals surface area contributed by atoms with Crippen molar-refractivity contribution in [2.24, 2.45) is 5.73 Å². The lowest BCUT2D eigenvalue weighted by Crippen LogP contribution is -2.12. The second-order valence-electron chi connectivity index (χ2n) is 3.81. The smallest absolute Gasteiger partial charge is 0.304 e. The molecule has 6 nitrogen and oxygen atoms in total. The van der Waals surface area contributed by atoms with Crippen LogP contribution in [0.25, 0.3) is 16.2 Å². The van der Waals surface area contributed by atoms with Gasteiger partial charge in [0.15, 0.2) is 4.21 Å². The Morgan fingerprint density at radius 2 is 2.05 bits per heavy atom. The fraction of sp³-hybridized carbons (Fsp3) is 0. The maximum absolute atomic E-state index is 11.4. The number of fused-ring (bicyclic) bond motifs is 1. The van der Waals surface area contributed by atoms with E-state index < -0.39 is 21.6 Å². The molecule has 0 aliphatic carbocycles. The summed E-state index contributed by atoms with van der Waals surface area (Å²) in [5, 5.41) is 9.35. The summed E-state index contributed by atoms with van der Waals surface area (Å²) < 4.78 is 32.3. The van der Waals surface area contributed by atoms with E-state index in [1.54, 1.807) is 30.3 Å². The van der Waals surface area contributed by atoms with E-state index in [4.69, 9.17) is 11.0 Å². The first-order chi connectivity index (χ1) is 9.34. The summed E-state index contributed by atoms with van der Waals surface area (Å²) in [5.74, 6) is -0.968. The second kappa shape index (κ2) is 5.05. The molecule has 0 radical (unpaired) electrons. The van der Waals surface area contributed by atoms with Gasteiger partial charge in [0.1, 0.15) is 11.6 Å². The molecule has 0 fully saturated rings. The van der Waals surface area contributed by atoms with Crippen molar-refractivity contribution >= 4 is 43.5 Å². The van der Waals surface area contributed by atoms with Gasteiger partial charge in [0.2, 0.25) is 0 Å². The number of carbonyl (C=O) groups excluding carboxylic acids is 1. The lowest BCUT2D eigenvalue weighted by molar-refractivity contribution is -0.114. The molecule has 1 aromatic carbocycles. The van der Waals surface area contributed by atoms with Crippen LogP contribution in [-0.4, -0.2) is 18.9 Å². The quantitative estimate of drug-likeness (QED) is 0.506. The molecular formula is C12H8N2O4S2. The number of thiophene rings is 1. The van der Waals surface area contributed by atoms with E-state index in [9.17, 15) is 17.8 Å². The van der Waals surface area contributed by atoms with E-state index in [1.165, 1.54) is 0 Å². The largest absolute Gasteiger partial charge is 0.365 e. The van der Waals surface area contributed by atoms with Crippen molar-refractivity contribution in [2.45, 2.75) is 4.21 Å². The van der Waals surface area contributed by atoms with Crippen LogP contribution in [0.1, 0.15) is 5.56 Å². The number of amides is 1. The number of rotatable bonds is 3. The molecule has 0 aliphatic rings. The van der Waals surface area contributed by atoms with E-state index in [0.29, 0.717) is 10.1 Å². The van der Waals surface area contributed by atoms with Gasteiger partial charge in [-0.3, -0.25) is 9.35 Å². The molecule has 2 rings (SSSR count). The molecule has 0 saturated heterocycles. The summed E-state index contributed by atoms with van der Waals surface area (Å²) in [5.41, 5.74) is 4.72. The van der Waals surface area contributed by atoms with Gasteiger partial charge in [0, 0.05) is 15.6 Å². The third kappa shape index (κ3) is 2.55. The highest BCUT2D eigenvalue weighted by atomic mass is 32.3. The predicted molar refractivity (Wildman–Crippen MR) is 74.4 cm³/mol. The molecule has 1 amide bonds. The molecule has 102 valence electrons. The van der Waals surface area contributed by atoms with Gasteiger partial charge in [-0.25, -0.2) is 0 Å². The number of nitrogens with two attached hydrogens (primary N) is 1. The lowest BCUT2D eigenvalue weighted by Gasteiger charge is -1.97. The number of hydrogen-bond donors (Lipinski definition) is 2. The molecule has 2 aromatic rings. The molecule has 0 atom stereocenters. The third-order valence-corrected chi connectivity index (χ3v) is 5.06. The Kier molecular flexibility index (Phi) is 3.59. The van der Waals surface area contributed by atoms with E-state index in [2.05, 4.69) is 0 Å². The Morgan fingerprint density at radius 3 is 2.60 bits per heavy atom. The number of hydrogen-bond acceptors (Lipinski definition) is 5. The predicted octanol–water partition coefficient (Wildman–Crippen LogP) is 1.54. The minimum Gasteiger partial charge on any atom is -0.365 e. The summed E-state index contributed by atoms with van der Waals surface area (Å²) in [6.07, 6.45) is 1.07. The average Bonchev–Trinajstić information content (AvgIpc) is 2.74. The van der Waals surface area contributed by atoms with Crippen LogP contribution in [0, 0.1) is 11.3 Å². The molecule has 0 spiro atoms. The van der Waals surface area contributed by atoms with Crippen LogP contribution in [0.5, 0.6) is 0 Å². The fourth-order valence-electron chi connectivity index (χ4n) is 1.67. The number of primary amides is 1. The number of nitrogens with zero attached hydrogens (tertiary/aromatic N) is 1. The normalized spacial score (nSPS) is 12.3. The Balaban J connectivity index is 2.87. The fourth-order valence-corrected chi connectivity index (χ4v) is 3.72. The topological polar surface area (TPSA) is 121 Å². The van der Waals surface area contributed by atoms with Crippen molar-refractivity contribution in [1.82, 2.24) is 0 Å². The first-order valence-corrected chi connectivity index (χ1v) is 7.51. The standard InChI is InChI=1S/C12H8N2O4S2/c13-6-7(11(14)15)5-9-8-3-1-2-4-10(8)19-12(9)20(16,17)18/h1-5H,(H2,14,15)(H,16,17,18). The second-order valence-corrected chi connectivity index (χ2v) is 6.48. The van der Waals surface area contributed by atoms with Gasteiger partial charge in [-0.2, -0.15) is 13.7 Å². The van der Waals surface area contributed by atoms with Gasteiger partial charge in [0.05, 0.1) is 0 Å². The van der Waals surface area contributed by atoms with Crippen molar-refractivity contribution in [3.63, 3.8) is 0 Å². The summed E-state index contributed by atoms with van der Waals surface area (Å²) in [6.45, 7) is 0. The SMILES string of the molecule is N#CC(=Cc1c(S(=O)(=O)O)sc2ccccc12)C(N)=O. The summed E-state index contributed by atoms with van der Waals surface area (Å²) in [6, 6.07) is 8.28. The highest BCUT2D eigenvalue weighted by molar-refractivity contribution is 7.88. The van der Waals surface area contributed by atoms with Crippen molar-refractivity contribution in [3.8, 4) is 6.07 Å². The minimum absolute atomic E-state index is 0.0865. The molecule has 0 aliphatic heterocycles. The maximum Gasteiger partial charge on any atom is 0.304 e. The summed E-state index contributed by atoms with van der Waals surface area (Å²) >= 11 is 0.851. The molecule has 0 saturated carbocycles. The summed E-state index contributed by atoms with van der Waals surface area (Å²) in [7, 11) is -4.46. The number of nitriles is 1. The summed E-state index contributed by atoms with van der Waals surface area (Å²) in [4.78, 5) is 11.1. The average molecular weight is 308 g/mol. The van der Waals surface area contributed by atoms with Crippen molar-refractivity contribution in [2.75, 3.05) is 0 Å². The van der Waals surface area contributed by atoms with Crippen LogP contribution in [0.2, 0.25) is 0 Å². The number of carbonyl (C=O) groups is 1. The zero-order valence-corrected chi connectivity index (χ0v) is 11.5. The highest BCUT2D eigenvalue weighted by Crippen LogP contribution is 2.35. The van der Waals surface area contributed by atoms with Crippen LogP contribution in [0.3, 0.4) is 0 Å². The molecule has 8 heteroatoms. The molecule has 20 heavy (non-hydrogen) atoms. The molecule has 0 bridgehead atoms. The first kappa shape index (κ1) is 14.2. The van der Waals surface area contributed by atoms with E-state index >= 15 is 0 Å². The Labute approximate surface area is 118 Å². The van der Waals surface area contributed by atoms with Crippen molar-refractivity contribution in [3.05, 3.63) is 35.4 Å². The van der Waals surface area contributed by atoms with Gasteiger partial charge in [-0.1, -0.05) is 18.2 Å². The van der Waals surface area contributed by atoms with E-state index in [1.807, 2.05) is 0 Å². The van der Waals surface area contributed by atoms with Crippen molar-refractivity contribution in [1.29, 1.82) is 5.26 Å². The minimum atomic E-state index is -4.46. The van der Waals surface area contributed by atoms with Crippen LogP contribution < -0.4 is 5.73 Å². The van der Waals surface area contributed by atoms with Gasteiger partial charge < -0.3 is 5.73 Å². The van der Waals surface area contributed by atoms with Crippen LogP contribution in [0.15, 0.2) is 34.0 Å². The lowest BCUT2D eigenvalue weighted by atomic mass is 10.1. The Hall–Kier alpha value is -2.21. The monoisotopic (exact) mass is 308 g/mol. The van der Waals surface area contributed by atoms with Crippen molar-refractivity contribution < 1.29 is 17.8 Å². The van der Waals surface area contributed by atoms with Gasteiger partial charge >= 0.3 is 10.1 Å². The van der Waals surface area contributed by atoms with Crippen LogP contribution in [0.4, 0.5) is 0 Å². The Bertz CT molecular complexity index is 872. The third-order valence-electron chi connectivity index (χ3n) is 2.51. The molecular weight excluding hydrogens is 300 g/mol. The van der Waals surface area contributed by atoms with Gasteiger partial charge in [-0.05, 0) is 12.1 Å². The van der Waals surface area contributed by atoms with Gasteiger partial charge in [0.25, 0.3) is 5.91 Å². The van der Waals surface area contributed by atoms with Crippen LogP contribution >= 0.6 is 11.3 Å². The Morgan fingerprint density at radius 1 is 1.40 bits per heavy atom. The molecule has 3 N–H and O–H groups in total. The van der Waals surface area contributed by atoms with E-state index in [0.717, 1.165) is 17.4 Å². The highest BCUT2D eigenvalue weighted by Gasteiger charge is 2.21. The maximum atomic E-state index is 11.4. The zero-order valence-electron chi connectivity index (χ0n) is 9.90. The van der Waals surface area contributed by atoms with Crippen LogP contribution in [-0.2, 0) is 14.9 Å². The first-order valence-electron chi connectivity index (χ1n) is 5.25. The van der Waals surface area contributed by atoms with E-state index in [-0.39, 0.29) is 9.77 Å².